The molecule has 0 aliphatic carbocycles. The van der Waals surface area contributed by atoms with Crippen LogP contribution in [-0.4, -0.2) is 48.7 Å². The lowest BCUT2D eigenvalue weighted by molar-refractivity contribution is 0.412. The van der Waals surface area contributed by atoms with Crippen LogP contribution in [-0.2, 0) is 0 Å². The van der Waals surface area contributed by atoms with E-state index < -0.39 is 0 Å². The molecule has 0 spiro atoms. The van der Waals surface area contributed by atoms with Gasteiger partial charge in [0.1, 0.15) is 6.33 Å². The first kappa shape index (κ1) is 14.9. The molecule has 0 radical (unpaired) electrons. The van der Waals surface area contributed by atoms with E-state index >= 15 is 0 Å². The fraction of sp³-hybridized carbons (Fsp3) is 0.667. The van der Waals surface area contributed by atoms with Crippen LogP contribution in [0.5, 0.6) is 5.75 Å². The molecule has 1 rings (SSSR count). The van der Waals surface area contributed by atoms with Crippen LogP contribution in [0.25, 0.3) is 0 Å². The molecule has 0 saturated heterocycles. The molecule has 6 heteroatoms. The summed E-state index contributed by atoms with van der Waals surface area (Å²) >= 11 is 1.82. The fourth-order valence-corrected chi connectivity index (χ4v) is 2.36. The Labute approximate surface area is 113 Å². The molecule has 0 saturated carbocycles. The van der Waals surface area contributed by atoms with E-state index in [0.29, 0.717) is 11.8 Å². The maximum absolute atomic E-state index is 5.44. The van der Waals surface area contributed by atoms with Crippen LogP contribution in [0.15, 0.2) is 6.33 Å². The highest BCUT2D eigenvalue weighted by Gasteiger charge is 2.18. The van der Waals surface area contributed by atoms with Gasteiger partial charge in [0.05, 0.1) is 7.11 Å². The fourth-order valence-electron chi connectivity index (χ4n) is 1.66. The molecule has 1 heterocycles. The van der Waals surface area contributed by atoms with Crippen LogP contribution < -0.4 is 15.0 Å². The predicted molar refractivity (Wildman–Crippen MR) is 79.0 cm³/mol. The smallest absolute Gasteiger partial charge is 0.204 e. The number of aromatic nitrogens is 2. The van der Waals surface area contributed by atoms with E-state index in [-0.39, 0.29) is 0 Å². The molecule has 5 nitrogen and oxygen atoms in total. The lowest BCUT2D eigenvalue weighted by Gasteiger charge is -2.27. The monoisotopic (exact) mass is 270 g/mol. The van der Waals surface area contributed by atoms with Gasteiger partial charge < -0.3 is 15.0 Å². The second-order valence-corrected chi connectivity index (χ2v) is 4.94. The van der Waals surface area contributed by atoms with Crippen molar-refractivity contribution in [3.63, 3.8) is 0 Å². The van der Waals surface area contributed by atoms with Crippen molar-refractivity contribution in [2.45, 2.75) is 19.9 Å². The zero-order valence-corrected chi connectivity index (χ0v) is 12.5. The van der Waals surface area contributed by atoms with E-state index in [0.717, 1.165) is 23.9 Å². The Morgan fingerprint density at radius 1 is 1.50 bits per heavy atom. The molecule has 0 fully saturated rings. The predicted octanol–water partition coefficient (Wildman–Crippen LogP) is 2.10. The number of nitrogens with one attached hydrogen (secondary N) is 1. The Morgan fingerprint density at radius 3 is 2.78 bits per heavy atom. The molecular weight excluding hydrogens is 248 g/mol. The summed E-state index contributed by atoms with van der Waals surface area (Å²) in [7, 11) is 3.68. The second kappa shape index (κ2) is 7.31. The van der Waals surface area contributed by atoms with Crippen molar-refractivity contribution in [3.8, 4) is 5.75 Å². The van der Waals surface area contributed by atoms with E-state index in [1.807, 2.05) is 25.7 Å². The third-order valence-corrected chi connectivity index (χ3v) is 3.55. The Kier molecular flexibility index (Phi) is 6.04. The average molecular weight is 270 g/mol. The first-order valence-corrected chi connectivity index (χ1v) is 7.39. The lowest BCUT2D eigenvalue weighted by atomic mass is 10.3. The summed E-state index contributed by atoms with van der Waals surface area (Å²) in [6, 6.07) is 0.387. The Hall–Kier alpha value is -1.17. The molecule has 1 aromatic heterocycles. The largest absolute Gasteiger partial charge is 0.490 e. The van der Waals surface area contributed by atoms with Gasteiger partial charge in [0.15, 0.2) is 11.6 Å². The van der Waals surface area contributed by atoms with Gasteiger partial charge in [0, 0.05) is 25.4 Å². The quantitative estimate of drug-likeness (QED) is 0.819. The molecule has 0 aliphatic heterocycles. The molecule has 0 bridgehead atoms. The van der Waals surface area contributed by atoms with Gasteiger partial charge in [-0.3, -0.25) is 0 Å². The van der Waals surface area contributed by atoms with Crippen LogP contribution in [0.3, 0.4) is 0 Å². The van der Waals surface area contributed by atoms with Crippen LogP contribution >= 0.6 is 11.8 Å². The molecule has 18 heavy (non-hydrogen) atoms. The van der Waals surface area contributed by atoms with Gasteiger partial charge in [0.2, 0.25) is 5.75 Å². The normalized spacial score (nSPS) is 12.1. The number of hydrogen-bond acceptors (Lipinski definition) is 6. The average Bonchev–Trinajstić information content (AvgIpc) is 2.38. The third-order valence-electron chi connectivity index (χ3n) is 2.74. The standard InChI is InChI=1S/C12H22N4OS/c1-6-13-11-10(17-4)12(15-8-14-11)16(3)9(2)7-18-5/h8-9H,6-7H2,1-5H3,(H,13,14,15). The van der Waals surface area contributed by atoms with Crippen LogP contribution in [0.4, 0.5) is 11.6 Å². The molecule has 0 aliphatic rings. The first-order valence-electron chi connectivity index (χ1n) is 6.00. The van der Waals surface area contributed by atoms with Crippen molar-refractivity contribution in [1.82, 2.24) is 9.97 Å². The van der Waals surface area contributed by atoms with Crippen molar-refractivity contribution in [2.24, 2.45) is 0 Å². The minimum Gasteiger partial charge on any atom is -0.490 e. The van der Waals surface area contributed by atoms with E-state index in [4.69, 9.17) is 4.74 Å². The minimum absolute atomic E-state index is 0.387. The Morgan fingerprint density at radius 2 is 2.22 bits per heavy atom. The molecule has 1 N–H and O–H groups in total. The summed E-state index contributed by atoms with van der Waals surface area (Å²) in [5.74, 6) is 3.31. The van der Waals surface area contributed by atoms with E-state index in [1.165, 1.54) is 0 Å². The second-order valence-electron chi connectivity index (χ2n) is 4.02. The van der Waals surface area contributed by atoms with Crippen LogP contribution in [0.2, 0.25) is 0 Å². The van der Waals surface area contributed by atoms with Crippen molar-refractivity contribution in [2.75, 3.05) is 42.9 Å². The number of nitrogens with zero attached hydrogens (tertiary/aromatic N) is 3. The molecule has 102 valence electrons. The van der Waals surface area contributed by atoms with Gasteiger partial charge in [-0.15, -0.1) is 0 Å². The number of hydrogen-bond donors (Lipinski definition) is 1. The summed E-state index contributed by atoms with van der Waals surface area (Å²) in [4.78, 5) is 10.7. The molecule has 0 amide bonds. The molecule has 1 atom stereocenters. The summed E-state index contributed by atoms with van der Waals surface area (Å²) < 4.78 is 5.44. The van der Waals surface area contributed by atoms with E-state index in [9.17, 15) is 0 Å². The number of anilines is 2. The van der Waals surface area contributed by atoms with E-state index in [1.54, 1.807) is 13.4 Å². The summed E-state index contributed by atoms with van der Waals surface area (Å²) in [6.45, 7) is 5.00. The molecular formula is C12H22N4OS. The maximum atomic E-state index is 5.44. The van der Waals surface area contributed by atoms with Crippen molar-refractivity contribution in [3.05, 3.63) is 6.33 Å². The Bertz CT molecular complexity index is 375. The molecule has 1 aromatic rings. The van der Waals surface area contributed by atoms with Crippen molar-refractivity contribution < 1.29 is 4.74 Å². The highest BCUT2D eigenvalue weighted by atomic mass is 32.2. The first-order chi connectivity index (χ1) is 8.65. The SMILES string of the molecule is CCNc1ncnc(N(C)C(C)CSC)c1OC. The number of rotatable bonds is 7. The zero-order chi connectivity index (χ0) is 13.5. The van der Waals surface area contributed by atoms with Crippen molar-refractivity contribution in [1.29, 1.82) is 0 Å². The number of ether oxygens (including phenoxy) is 1. The zero-order valence-electron chi connectivity index (χ0n) is 11.7. The summed E-state index contributed by atoms with van der Waals surface area (Å²) in [5, 5.41) is 3.19. The highest BCUT2D eigenvalue weighted by Crippen LogP contribution is 2.32. The van der Waals surface area contributed by atoms with Gasteiger partial charge >= 0.3 is 0 Å². The van der Waals surface area contributed by atoms with Gasteiger partial charge in [-0.05, 0) is 20.1 Å². The number of thioether (sulfide) groups is 1. The van der Waals surface area contributed by atoms with Crippen LogP contribution in [0, 0.1) is 0 Å². The number of methoxy groups -OCH3 is 1. The van der Waals surface area contributed by atoms with Gasteiger partial charge in [-0.25, -0.2) is 9.97 Å². The van der Waals surface area contributed by atoms with Gasteiger partial charge in [0.25, 0.3) is 0 Å². The summed E-state index contributed by atoms with van der Waals surface area (Å²) in [6.07, 6.45) is 3.67. The molecule has 1 unspecified atom stereocenters. The Balaban J connectivity index is 3.03. The lowest BCUT2D eigenvalue weighted by Crippen LogP contribution is -2.32. The van der Waals surface area contributed by atoms with Crippen molar-refractivity contribution >= 4 is 23.4 Å². The third kappa shape index (κ3) is 3.41. The maximum Gasteiger partial charge on any atom is 0.204 e. The minimum atomic E-state index is 0.387. The molecule has 0 aromatic carbocycles. The van der Waals surface area contributed by atoms with E-state index in [2.05, 4.69) is 33.4 Å². The highest BCUT2D eigenvalue weighted by molar-refractivity contribution is 7.98. The van der Waals surface area contributed by atoms with Crippen LogP contribution in [0.1, 0.15) is 13.8 Å². The van der Waals surface area contributed by atoms with Gasteiger partial charge in [-0.1, -0.05) is 0 Å². The topological polar surface area (TPSA) is 50.3 Å². The van der Waals surface area contributed by atoms with Gasteiger partial charge in [-0.2, -0.15) is 11.8 Å². The summed E-state index contributed by atoms with van der Waals surface area (Å²) in [5.41, 5.74) is 0.